The molecule has 5 aromatic carbocycles. The van der Waals surface area contributed by atoms with Gasteiger partial charge in [-0.15, -0.1) is 22.7 Å². The average molecular weight is 1830 g/mol. The molecule has 1 aromatic heterocycles. The number of H-pyrrole nitrogens is 1. The number of aromatic nitrogens is 2. The number of halogens is 6. The van der Waals surface area contributed by atoms with Crippen LogP contribution in [0.5, 0.6) is 5.88 Å². The molecule has 9 amide bonds. The summed E-state index contributed by atoms with van der Waals surface area (Å²) in [4.78, 5) is 134. The molecule has 2 fully saturated rings. The zero-order chi connectivity index (χ0) is 74.1. The van der Waals surface area contributed by atoms with Crippen molar-refractivity contribution in [2.75, 3.05) is 41.2 Å². The van der Waals surface area contributed by atoms with Gasteiger partial charge in [0.05, 0.1) is 30.3 Å². The summed E-state index contributed by atoms with van der Waals surface area (Å²) in [6.07, 6.45) is -0.594. The topological polar surface area (TPSA) is 636 Å². The van der Waals surface area contributed by atoms with Gasteiger partial charge in [0, 0.05) is 33.7 Å². The fourth-order valence-electron chi connectivity index (χ4n) is 6.06. The monoisotopic (exact) mass is 1820 g/mol. The number of aliphatic hydroxyl groups is 2. The summed E-state index contributed by atoms with van der Waals surface area (Å²) in [5, 5.41) is 75.2. The Kier molecular flexibility index (Phi) is 62.6. The van der Waals surface area contributed by atoms with Crippen molar-refractivity contribution in [2.24, 2.45) is 21.4 Å². The van der Waals surface area contributed by atoms with Crippen molar-refractivity contribution in [3.05, 3.63) is 196 Å². The number of rotatable bonds is 9. The van der Waals surface area contributed by atoms with Crippen LogP contribution >= 0.6 is 92.1 Å². The standard InChI is InChI=1S/C10H8BrN3O5.C10H6BrN3O4.C10H7BrN2O3.C7H7BrN2O.C7H12O4.C6H6BrN.CNO.CH3O.ClH.K.HNO2.2Na.H2O4S.H2O/c11-5-1-3-6(4-2-5)14-8(15)7(13-19)10(17,18)12-9(14)16;11-5-1-3-6(4-2-5)14-9(16)7(13-18)8(15)12-10(14)17;11-6-1-3-7(4-2-6)13-9(15)5-8(14)12-10(13)16;8-5-1-3-6(4-2-5)10-7(9)11;1-3-10-6(8)5-7(9)11-4-2;7-5-1-3-6(8)4-2-5;1-2-3;1-2;;;2-1-3;;;1-5(2,3)4;/h1-4,17-19H,(H,12,16);1-4,16H,(H,12,15,17);1-4H,5H2,(H,12,14,16);1-4H,(H3,9,10,11);3-5H2,1-2H3;1-4H,8H2;;1H3;1H;;(H,2,3);;;(H2,1,2,3,4);1H2/q;;;;;;2*-1;;+1;;2*+1;;/b13-7+;;;;;;;;;;;;;;. The Morgan fingerprint density at radius 2 is 1.07 bits per heavy atom. The van der Waals surface area contributed by atoms with Crippen molar-refractivity contribution in [1.82, 2.24) is 20.2 Å². The number of carbonyl (C=O) groups excluding carboxylic acids is 8. The van der Waals surface area contributed by atoms with E-state index in [1.54, 1.807) is 79.8 Å². The number of anilines is 4. The number of urea groups is 3. The summed E-state index contributed by atoms with van der Waals surface area (Å²) < 4.78 is 45.8. The number of imide groups is 3. The van der Waals surface area contributed by atoms with E-state index in [9.17, 15) is 68.2 Å². The van der Waals surface area contributed by atoms with Gasteiger partial charge in [-0.25, -0.2) is 40.1 Å². The number of barbiturate groups is 1. The summed E-state index contributed by atoms with van der Waals surface area (Å²) in [5.74, 6) is -7.09. The van der Waals surface area contributed by atoms with Crippen LogP contribution in [0, 0.1) is 26.8 Å². The first-order valence-corrected chi connectivity index (χ1v) is 30.2. The predicted molar refractivity (Wildman–Crippen MR) is 369 cm³/mol. The Hall–Kier alpha value is -6.06. The van der Waals surface area contributed by atoms with Gasteiger partial charge in [0.25, 0.3) is 11.5 Å². The maximum atomic E-state index is 11.9. The number of aromatic amines is 1. The first kappa shape index (κ1) is 108. The van der Waals surface area contributed by atoms with Gasteiger partial charge in [-0.05, 0) is 140 Å². The third-order valence-corrected chi connectivity index (χ3v) is 12.3. The maximum Gasteiger partial charge on any atom is 1.00 e. The van der Waals surface area contributed by atoms with Gasteiger partial charge in [-0.2, -0.15) is 15.5 Å². The van der Waals surface area contributed by atoms with Crippen LogP contribution in [-0.4, -0.2) is 133 Å². The number of esters is 2. The molecule has 534 valence electrons. The first-order chi connectivity index (χ1) is 45.0. The molecule has 0 bridgehead atoms. The van der Waals surface area contributed by atoms with Crippen LogP contribution < -0.4 is 164 Å². The minimum atomic E-state index is -4.67. The van der Waals surface area contributed by atoms with Crippen LogP contribution in [-0.2, 0) is 43.8 Å². The maximum absolute atomic E-state index is 11.9. The second-order valence-corrected chi connectivity index (χ2v) is 21.7. The number of hydrogen-bond donors (Lipinski definition) is 12. The third-order valence-electron chi connectivity index (χ3n) is 9.62. The molecule has 0 aliphatic carbocycles. The number of aromatic hydroxyl groups is 1. The van der Waals surface area contributed by atoms with E-state index in [0.717, 1.165) is 50.0 Å². The Bertz CT molecular complexity index is 3860. The number of benzene rings is 5. The van der Waals surface area contributed by atoms with Gasteiger partial charge in [-0.3, -0.25) is 58.5 Å². The number of nitroso groups, excluding NO2 is 1. The van der Waals surface area contributed by atoms with Gasteiger partial charge in [-0.1, -0.05) is 84.8 Å². The van der Waals surface area contributed by atoms with E-state index in [2.05, 4.69) is 110 Å². The van der Waals surface area contributed by atoms with Gasteiger partial charge >= 0.3 is 164 Å². The largest absolute Gasteiger partial charge is 1.00 e. The zero-order valence-electron chi connectivity index (χ0n) is 53.8. The number of nitrogens with two attached hydrogens (primary N) is 2. The van der Waals surface area contributed by atoms with Crippen LogP contribution in [0.25, 0.3) is 10.7 Å². The summed E-state index contributed by atoms with van der Waals surface area (Å²) in [6.45, 7) is 9.22. The molecule has 0 radical (unpaired) electrons. The van der Waals surface area contributed by atoms with E-state index < -0.39 is 92.6 Å². The van der Waals surface area contributed by atoms with Crippen LogP contribution in [0.2, 0.25) is 0 Å². The molecule has 0 atom stereocenters. The van der Waals surface area contributed by atoms with E-state index in [1.807, 2.05) is 41.4 Å². The fraction of sp³-hybridized carbons (Fsp3) is 0.154. The normalized spacial score (nSPS) is 11.8. The SMILES string of the molecule is CCOC(=O)CC(=O)OCC.C[O-].Cl.NC(=O)Nc1ccc(Br)cc1.Nc1ccc(Br)cc1.O.O=C1CC(=O)N(c2ccc(Br)cc2)C(=O)N1.O=C1NC(O)(O)/C(=N/O)C(=O)N1c1ccc(Br)cc1.O=N[O-].O=Nc1c(O)n(-c2ccc(Br)cc2)c(=O)[nH]c1=O.O=S(=O)(O)O.[C-]#[N+][O-].[H+].[K+].[Na+].[Na+]. The van der Waals surface area contributed by atoms with E-state index >= 15 is 0 Å². The number of amides is 9. The molecule has 3 heterocycles. The average Bonchev–Trinajstić information content (AvgIpc) is 0.783. The molecule has 16 N–H and O–H groups in total. The molecule has 6 aromatic rings. The molecule has 101 heavy (non-hydrogen) atoms. The molecule has 2 saturated heterocycles. The number of oxime groups is 1. The first-order valence-electron chi connectivity index (χ1n) is 24.9. The molecule has 39 nitrogen and oxygen atoms in total. The molecule has 0 saturated carbocycles. The van der Waals surface area contributed by atoms with Crippen LogP contribution in [0.4, 0.5) is 42.8 Å². The molecule has 8 rings (SSSR count). The van der Waals surface area contributed by atoms with Crippen molar-refractivity contribution < 1.29 is 208 Å². The van der Waals surface area contributed by atoms with Crippen LogP contribution in [0.1, 0.15) is 28.1 Å². The Labute approximate surface area is 707 Å². The van der Waals surface area contributed by atoms with Crippen molar-refractivity contribution >= 4 is 184 Å². The number of nitrogens with one attached hydrogen (secondary N) is 4. The minimum absolute atomic E-state index is 0. The summed E-state index contributed by atoms with van der Waals surface area (Å²) in [5.41, 5.74) is 9.10. The van der Waals surface area contributed by atoms with E-state index in [-0.39, 0.29) is 162 Å². The summed E-state index contributed by atoms with van der Waals surface area (Å²) in [6, 6.07) is 31.5. The van der Waals surface area contributed by atoms with E-state index in [0.29, 0.717) is 22.0 Å². The second kappa shape index (κ2) is 58.3. The fourth-order valence-corrected chi connectivity index (χ4v) is 7.38. The van der Waals surface area contributed by atoms with Crippen molar-refractivity contribution in [2.45, 2.75) is 32.6 Å². The van der Waals surface area contributed by atoms with Crippen LogP contribution in [0.15, 0.2) is 169 Å². The Morgan fingerprint density at radius 1 is 0.723 bits per heavy atom. The van der Waals surface area contributed by atoms with Gasteiger partial charge in [0.2, 0.25) is 29.1 Å². The second-order valence-electron chi connectivity index (χ2n) is 16.2. The number of carbonyl (C=O) groups is 8. The molecule has 2 aliphatic rings. The van der Waals surface area contributed by atoms with Gasteiger partial charge in [0.1, 0.15) is 12.8 Å². The quantitative estimate of drug-likeness (QED) is 0.00654. The van der Waals surface area contributed by atoms with Crippen LogP contribution in [0.3, 0.4) is 0 Å². The smallest absolute Gasteiger partial charge is 0.857 e. The molecule has 49 heteroatoms. The predicted octanol–water partition coefficient (Wildman–Crippen LogP) is -3.04. The molecular formula is C52H55Br5ClKN13Na2O26S+. The van der Waals surface area contributed by atoms with Crippen molar-refractivity contribution in [1.29, 1.82) is 0 Å². The number of nitrogen functional groups attached to an aromatic ring is 1. The Morgan fingerprint density at radius 3 is 1.40 bits per heavy atom. The number of primary amides is 1. The molecular weight excluding hydrogens is 1770 g/mol. The van der Waals surface area contributed by atoms with Crippen molar-refractivity contribution in [3.63, 3.8) is 0 Å². The van der Waals surface area contributed by atoms with Gasteiger partial charge in [0.15, 0.2) is 0 Å². The molecule has 2 aliphatic heterocycles. The minimum Gasteiger partial charge on any atom is -0.857 e. The molecule has 0 unspecified atom stereocenters. The number of ether oxygens (including phenoxy) is 2. The number of hydrogen-bond acceptors (Lipinski definition) is 27. The Balaban J connectivity index is -0.000000168. The number of nitrogens with zero attached hydrogens (tertiary/aromatic N) is 7. The molecule has 0 spiro atoms. The van der Waals surface area contributed by atoms with Gasteiger partial charge < -0.3 is 72.7 Å². The third kappa shape index (κ3) is 44.9. The van der Waals surface area contributed by atoms with E-state index in [4.69, 9.17) is 61.2 Å². The summed E-state index contributed by atoms with van der Waals surface area (Å²) >= 11 is 16.2. The zero-order valence-corrected chi connectivity index (χ0v) is 69.5. The summed E-state index contributed by atoms with van der Waals surface area (Å²) in [7, 11) is -3.92. The van der Waals surface area contributed by atoms with E-state index in [1.165, 1.54) is 29.3 Å². The van der Waals surface area contributed by atoms with Crippen molar-refractivity contribution in [3.8, 4) is 11.6 Å².